The highest BCUT2D eigenvalue weighted by Crippen LogP contribution is 2.27. The molecule has 0 aliphatic rings. The second-order valence-electron chi connectivity index (χ2n) is 3.92. The van der Waals surface area contributed by atoms with Gasteiger partial charge in [0.15, 0.2) is 0 Å². The zero-order valence-electron chi connectivity index (χ0n) is 9.61. The standard InChI is InChI=1S/C13H13ClFN3/c14-10-4-1-5-11(15)13(10)12(18-16)7-9-3-2-6-17-8-9/h1-6,8,12,18H,7,16H2. The number of rotatable bonds is 4. The molecule has 1 aromatic heterocycles. The molecule has 0 radical (unpaired) electrons. The summed E-state index contributed by atoms with van der Waals surface area (Å²) in [4.78, 5) is 4.02. The van der Waals surface area contributed by atoms with Gasteiger partial charge in [-0.1, -0.05) is 23.7 Å². The molecule has 1 aromatic carbocycles. The van der Waals surface area contributed by atoms with Gasteiger partial charge in [0.05, 0.1) is 6.04 Å². The van der Waals surface area contributed by atoms with Crippen LogP contribution < -0.4 is 11.3 Å². The van der Waals surface area contributed by atoms with Crippen LogP contribution in [0.5, 0.6) is 0 Å². The van der Waals surface area contributed by atoms with Gasteiger partial charge >= 0.3 is 0 Å². The summed E-state index contributed by atoms with van der Waals surface area (Å²) < 4.78 is 13.8. The van der Waals surface area contributed by atoms with Crippen LogP contribution in [-0.4, -0.2) is 4.98 Å². The van der Waals surface area contributed by atoms with Gasteiger partial charge in [0.2, 0.25) is 0 Å². The van der Waals surface area contributed by atoms with E-state index >= 15 is 0 Å². The van der Waals surface area contributed by atoms with Gasteiger partial charge in [-0.2, -0.15) is 0 Å². The minimum Gasteiger partial charge on any atom is -0.271 e. The van der Waals surface area contributed by atoms with E-state index in [0.717, 1.165) is 5.56 Å². The first-order valence-corrected chi connectivity index (χ1v) is 5.89. The van der Waals surface area contributed by atoms with Gasteiger partial charge in [-0.25, -0.2) is 4.39 Å². The van der Waals surface area contributed by atoms with Gasteiger partial charge in [-0.3, -0.25) is 16.3 Å². The third-order valence-corrected chi connectivity index (χ3v) is 3.04. The van der Waals surface area contributed by atoms with Gasteiger partial charge < -0.3 is 0 Å². The van der Waals surface area contributed by atoms with Crippen LogP contribution in [0.3, 0.4) is 0 Å². The van der Waals surface area contributed by atoms with Crippen LogP contribution in [-0.2, 0) is 6.42 Å². The lowest BCUT2D eigenvalue weighted by Gasteiger charge is -2.18. The van der Waals surface area contributed by atoms with Gasteiger partial charge in [-0.15, -0.1) is 0 Å². The number of benzene rings is 1. The van der Waals surface area contributed by atoms with E-state index in [1.54, 1.807) is 24.5 Å². The minimum absolute atomic E-state index is 0.363. The maximum atomic E-state index is 13.8. The van der Waals surface area contributed by atoms with Crippen molar-refractivity contribution in [1.82, 2.24) is 10.4 Å². The Balaban J connectivity index is 2.29. The molecule has 0 amide bonds. The summed E-state index contributed by atoms with van der Waals surface area (Å²) in [5.74, 6) is 5.13. The van der Waals surface area contributed by atoms with Gasteiger partial charge in [0.25, 0.3) is 0 Å². The third-order valence-electron chi connectivity index (χ3n) is 2.71. The summed E-state index contributed by atoms with van der Waals surface area (Å²) in [5, 5.41) is 0.363. The lowest BCUT2D eigenvalue weighted by Crippen LogP contribution is -2.30. The molecule has 18 heavy (non-hydrogen) atoms. The Morgan fingerprint density at radius 2 is 2.17 bits per heavy atom. The average Bonchev–Trinajstić information content (AvgIpc) is 2.38. The Morgan fingerprint density at radius 3 is 2.78 bits per heavy atom. The Bertz CT molecular complexity index is 499. The van der Waals surface area contributed by atoms with Crippen molar-refractivity contribution in [2.45, 2.75) is 12.5 Å². The minimum atomic E-state index is -0.386. The molecule has 0 saturated carbocycles. The molecular formula is C13H13ClFN3. The van der Waals surface area contributed by atoms with Crippen molar-refractivity contribution >= 4 is 11.6 Å². The molecule has 1 unspecified atom stereocenters. The predicted molar refractivity (Wildman–Crippen MR) is 69.4 cm³/mol. The summed E-state index contributed by atoms with van der Waals surface area (Å²) in [7, 11) is 0. The summed E-state index contributed by atoms with van der Waals surface area (Å²) in [6.07, 6.45) is 3.93. The largest absolute Gasteiger partial charge is 0.271 e. The van der Waals surface area contributed by atoms with Crippen LogP contribution in [0, 0.1) is 5.82 Å². The van der Waals surface area contributed by atoms with Gasteiger partial charge in [-0.05, 0) is 30.2 Å². The number of nitrogens with zero attached hydrogens (tertiary/aromatic N) is 1. The summed E-state index contributed by atoms with van der Waals surface area (Å²) >= 11 is 6.02. The molecule has 2 aromatic rings. The van der Waals surface area contributed by atoms with E-state index in [4.69, 9.17) is 17.4 Å². The zero-order chi connectivity index (χ0) is 13.0. The number of hydrogen-bond acceptors (Lipinski definition) is 3. The fourth-order valence-electron chi connectivity index (χ4n) is 1.84. The molecule has 1 heterocycles. The number of nitrogens with two attached hydrogens (primary N) is 1. The van der Waals surface area contributed by atoms with E-state index < -0.39 is 0 Å². The Hall–Kier alpha value is -1.49. The van der Waals surface area contributed by atoms with E-state index in [1.807, 2.05) is 12.1 Å². The number of hydrazine groups is 1. The summed E-state index contributed by atoms with van der Waals surface area (Å²) in [5.41, 5.74) is 3.93. The maximum absolute atomic E-state index is 13.8. The molecule has 3 N–H and O–H groups in total. The molecule has 2 rings (SSSR count). The van der Waals surface area contributed by atoms with Crippen molar-refractivity contribution in [1.29, 1.82) is 0 Å². The molecule has 1 atom stereocenters. The van der Waals surface area contributed by atoms with Crippen LogP contribution in [0.15, 0.2) is 42.7 Å². The van der Waals surface area contributed by atoms with E-state index in [2.05, 4.69) is 10.4 Å². The monoisotopic (exact) mass is 265 g/mol. The number of nitrogens with one attached hydrogen (secondary N) is 1. The highest BCUT2D eigenvalue weighted by atomic mass is 35.5. The van der Waals surface area contributed by atoms with Crippen LogP contribution in [0.25, 0.3) is 0 Å². The molecule has 0 fully saturated rings. The third kappa shape index (κ3) is 2.85. The zero-order valence-corrected chi connectivity index (χ0v) is 10.4. The van der Waals surface area contributed by atoms with Gasteiger partial charge in [0.1, 0.15) is 5.82 Å². The van der Waals surface area contributed by atoms with Crippen LogP contribution in [0.4, 0.5) is 4.39 Å². The van der Waals surface area contributed by atoms with Crippen LogP contribution in [0.2, 0.25) is 5.02 Å². The molecule has 3 nitrogen and oxygen atoms in total. The lowest BCUT2D eigenvalue weighted by molar-refractivity contribution is 0.510. The van der Waals surface area contributed by atoms with Crippen molar-refractivity contribution in [2.24, 2.45) is 5.84 Å². The second kappa shape index (κ2) is 5.91. The highest BCUT2D eigenvalue weighted by Gasteiger charge is 2.18. The fourth-order valence-corrected chi connectivity index (χ4v) is 2.14. The molecular weight excluding hydrogens is 253 g/mol. The van der Waals surface area contributed by atoms with Crippen molar-refractivity contribution in [3.8, 4) is 0 Å². The molecule has 0 aliphatic carbocycles. The lowest BCUT2D eigenvalue weighted by atomic mass is 10.00. The van der Waals surface area contributed by atoms with Crippen molar-refractivity contribution in [2.75, 3.05) is 0 Å². The SMILES string of the molecule is NNC(Cc1cccnc1)c1c(F)cccc1Cl. The van der Waals surface area contributed by atoms with E-state index in [-0.39, 0.29) is 11.9 Å². The predicted octanol–water partition coefficient (Wildman–Crippen LogP) is 2.62. The van der Waals surface area contributed by atoms with Crippen LogP contribution >= 0.6 is 11.6 Å². The molecule has 94 valence electrons. The Morgan fingerprint density at radius 1 is 1.33 bits per heavy atom. The number of hydrogen-bond donors (Lipinski definition) is 2. The molecule has 0 bridgehead atoms. The molecule has 0 saturated heterocycles. The van der Waals surface area contributed by atoms with Gasteiger partial charge in [0, 0.05) is 23.0 Å². The Kier molecular flexibility index (Phi) is 4.25. The van der Waals surface area contributed by atoms with E-state index in [9.17, 15) is 4.39 Å². The highest BCUT2D eigenvalue weighted by molar-refractivity contribution is 6.31. The second-order valence-corrected chi connectivity index (χ2v) is 4.33. The quantitative estimate of drug-likeness (QED) is 0.660. The number of halogens is 2. The number of aromatic nitrogens is 1. The smallest absolute Gasteiger partial charge is 0.129 e. The molecule has 0 aliphatic heterocycles. The van der Waals surface area contributed by atoms with E-state index in [0.29, 0.717) is 17.0 Å². The normalized spacial score (nSPS) is 12.4. The van der Waals surface area contributed by atoms with Crippen LogP contribution in [0.1, 0.15) is 17.2 Å². The topological polar surface area (TPSA) is 50.9 Å². The van der Waals surface area contributed by atoms with Crippen molar-refractivity contribution in [3.63, 3.8) is 0 Å². The van der Waals surface area contributed by atoms with Crippen molar-refractivity contribution in [3.05, 3.63) is 64.7 Å². The maximum Gasteiger partial charge on any atom is 0.129 e. The molecule has 0 spiro atoms. The Labute approximate surface area is 110 Å². The average molecular weight is 266 g/mol. The summed E-state index contributed by atoms with van der Waals surface area (Å²) in [6.45, 7) is 0. The first-order chi connectivity index (χ1) is 8.72. The number of pyridine rings is 1. The first-order valence-electron chi connectivity index (χ1n) is 5.51. The van der Waals surface area contributed by atoms with Crippen molar-refractivity contribution < 1.29 is 4.39 Å². The van der Waals surface area contributed by atoms with E-state index in [1.165, 1.54) is 6.07 Å². The molecule has 5 heteroatoms. The first kappa shape index (κ1) is 13.0. The summed E-state index contributed by atoms with van der Waals surface area (Å²) in [6, 6.07) is 7.93. The fraction of sp³-hybridized carbons (Fsp3) is 0.154.